The summed E-state index contributed by atoms with van der Waals surface area (Å²) in [6.45, 7) is 0. The van der Waals surface area contributed by atoms with Crippen molar-refractivity contribution in [3.05, 3.63) is 22.9 Å². The minimum Gasteiger partial charge on any atom is -0.481 e. The number of carbonyl (C=O) groups is 1. The lowest BCUT2D eigenvalue weighted by Gasteiger charge is -2.13. The van der Waals surface area contributed by atoms with Crippen molar-refractivity contribution >= 4 is 17.6 Å². The molecule has 100 valence electrons. The molecule has 0 saturated carbocycles. The molecule has 0 N–H and O–H groups in total. The smallest absolute Gasteiger partial charge is 0.311 e. The molecular formula is C11H12ClF2NO3. The fourth-order valence-electron chi connectivity index (χ4n) is 1.43. The molecule has 1 rings (SSSR count). The van der Waals surface area contributed by atoms with Crippen LogP contribution >= 0.6 is 11.6 Å². The molecule has 1 aromatic rings. The maximum atomic E-state index is 12.9. The Balaban J connectivity index is 3.28. The van der Waals surface area contributed by atoms with Crippen LogP contribution in [0.1, 0.15) is 23.2 Å². The molecule has 0 unspecified atom stereocenters. The van der Waals surface area contributed by atoms with E-state index in [2.05, 4.69) is 9.72 Å². The maximum Gasteiger partial charge on any atom is 0.311 e. The highest BCUT2D eigenvalue weighted by molar-refractivity contribution is 6.17. The van der Waals surface area contributed by atoms with E-state index in [0.717, 1.165) is 6.07 Å². The third-order valence-corrected chi connectivity index (χ3v) is 2.61. The lowest BCUT2D eigenvalue weighted by atomic mass is 10.1. The van der Waals surface area contributed by atoms with Gasteiger partial charge in [0.2, 0.25) is 5.88 Å². The molecule has 4 nitrogen and oxygen atoms in total. The molecule has 0 radical (unpaired) electrons. The molecule has 18 heavy (non-hydrogen) atoms. The second kappa shape index (κ2) is 6.49. The van der Waals surface area contributed by atoms with Gasteiger partial charge in [0.05, 0.1) is 26.3 Å². The lowest BCUT2D eigenvalue weighted by molar-refractivity contribution is -0.139. The van der Waals surface area contributed by atoms with Crippen LogP contribution < -0.4 is 4.74 Å². The Morgan fingerprint density at radius 2 is 2.17 bits per heavy atom. The average Bonchev–Trinajstić information content (AvgIpc) is 2.37. The first-order chi connectivity index (χ1) is 8.53. The van der Waals surface area contributed by atoms with Crippen LogP contribution in [-0.2, 0) is 21.8 Å². The van der Waals surface area contributed by atoms with Crippen molar-refractivity contribution < 1.29 is 23.0 Å². The molecule has 7 heteroatoms. The summed E-state index contributed by atoms with van der Waals surface area (Å²) in [6.07, 6.45) is -2.94. The summed E-state index contributed by atoms with van der Waals surface area (Å²) in [5.41, 5.74) is 0.000111. The normalized spacial score (nSPS) is 10.6. The van der Waals surface area contributed by atoms with E-state index >= 15 is 0 Å². The van der Waals surface area contributed by atoms with Crippen molar-refractivity contribution in [1.29, 1.82) is 0 Å². The van der Waals surface area contributed by atoms with Gasteiger partial charge in [-0.1, -0.05) is 0 Å². The topological polar surface area (TPSA) is 48.4 Å². The molecule has 0 saturated heterocycles. The largest absolute Gasteiger partial charge is 0.481 e. The number of halogens is 3. The minimum atomic E-state index is -2.72. The Labute approximate surface area is 108 Å². The maximum absolute atomic E-state index is 12.9. The Hall–Kier alpha value is -1.43. The molecule has 0 amide bonds. The van der Waals surface area contributed by atoms with Crippen molar-refractivity contribution in [1.82, 2.24) is 4.98 Å². The number of ether oxygens (including phenoxy) is 2. The van der Waals surface area contributed by atoms with Gasteiger partial charge in [-0.2, -0.15) is 0 Å². The third kappa shape index (κ3) is 3.29. The summed E-state index contributed by atoms with van der Waals surface area (Å²) >= 11 is 5.64. The van der Waals surface area contributed by atoms with Crippen LogP contribution in [0.2, 0.25) is 0 Å². The number of esters is 1. The van der Waals surface area contributed by atoms with Crippen LogP contribution in [0.3, 0.4) is 0 Å². The zero-order chi connectivity index (χ0) is 13.7. The molecule has 0 aliphatic rings. The van der Waals surface area contributed by atoms with Gasteiger partial charge in [-0.25, -0.2) is 13.8 Å². The van der Waals surface area contributed by atoms with Gasteiger partial charge in [-0.05, 0) is 5.56 Å². The molecule has 1 heterocycles. The van der Waals surface area contributed by atoms with Crippen molar-refractivity contribution in [2.24, 2.45) is 0 Å². The summed E-state index contributed by atoms with van der Waals surface area (Å²) < 4.78 is 35.0. The SMILES string of the molecule is COC(=O)Cc1nc(OC)cc(C(F)F)c1CCl. The van der Waals surface area contributed by atoms with Gasteiger partial charge in [-0.3, -0.25) is 4.79 Å². The van der Waals surface area contributed by atoms with Crippen LogP contribution in [0.15, 0.2) is 6.07 Å². The van der Waals surface area contributed by atoms with Gasteiger partial charge in [0.15, 0.2) is 0 Å². The summed E-state index contributed by atoms with van der Waals surface area (Å²) in [5.74, 6) is -0.733. The highest BCUT2D eigenvalue weighted by Crippen LogP contribution is 2.29. The van der Waals surface area contributed by atoms with E-state index in [-0.39, 0.29) is 35.0 Å². The highest BCUT2D eigenvalue weighted by atomic mass is 35.5. The summed E-state index contributed by atoms with van der Waals surface area (Å²) in [7, 11) is 2.51. The Morgan fingerprint density at radius 1 is 1.50 bits per heavy atom. The molecule has 0 fully saturated rings. The van der Waals surface area contributed by atoms with E-state index in [4.69, 9.17) is 16.3 Å². The minimum absolute atomic E-state index is 0.0121. The second-order valence-electron chi connectivity index (χ2n) is 3.37. The summed E-state index contributed by atoms with van der Waals surface area (Å²) in [5, 5.41) is 0. The number of hydrogen-bond acceptors (Lipinski definition) is 4. The first kappa shape index (κ1) is 14.6. The van der Waals surface area contributed by atoms with Gasteiger partial charge in [-0.15, -0.1) is 11.6 Å². The first-order valence-electron chi connectivity index (χ1n) is 5.01. The molecule has 0 spiro atoms. The fourth-order valence-corrected chi connectivity index (χ4v) is 1.74. The van der Waals surface area contributed by atoms with Crippen LogP contribution in [0.5, 0.6) is 5.88 Å². The van der Waals surface area contributed by atoms with E-state index in [0.29, 0.717) is 0 Å². The number of alkyl halides is 3. The third-order valence-electron chi connectivity index (χ3n) is 2.34. The quantitative estimate of drug-likeness (QED) is 0.614. The zero-order valence-corrected chi connectivity index (χ0v) is 10.6. The molecule has 0 aliphatic carbocycles. The van der Waals surface area contributed by atoms with E-state index in [1.807, 2.05) is 0 Å². The van der Waals surface area contributed by atoms with Gasteiger partial charge in [0.25, 0.3) is 6.43 Å². The fraction of sp³-hybridized carbons (Fsp3) is 0.455. The second-order valence-corrected chi connectivity index (χ2v) is 3.63. The van der Waals surface area contributed by atoms with Crippen LogP contribution in [0, 0.1) is 0 Å². The van der Waals surface area contributed by atoms with Gasteiger partial charge in [0, 0.05) is 17.5 Å². The Morgan fingerprint density at radius 3 is 2.61 bits per heavy atom. The Bertz CT molecular complexity index is 441. The molecule has 0 bridgehead atoms. The average molecular weight is 280 g/mol. The molecular weight excluding hydrogens is 268 g/mol. The molecule has 0 aliphatic heterocycles. The van der Waals surface area contributed by atoms with E-state index < -0.39 is 12.4 Å². The van der Waals surface area contributed by atoms with E-state index in [1.165, 1.54) is 14.2 Å². The molecule has 0 aromatic carbocycles. The van der Waals surface area contributed by atoms with Crippen LogP contribution in [0.25, 0.3) is 0 Å². The lowest BCUT2D eigenvalue weighted by Crippen LogP contribution is -2.11. The first-order valence-corrected chi connectivity index (χ1v) is 5.54. The van der Waals surface area contributed by atoms with Crippen LogP contribution in [-0.4, -0.2) is 25.2 Å². The number of methoxy groups -OCH3 is 2. The van der Waals surface area contributed by atoms with Crippen molar-refractivity contribution in [3.63, 3.8) is 0 Å². The Kier molecular flexibility index (Phi) is 5.27. The molecule has 0 atom stereocenters. The predicted octanol–water partition coefficient (Wildman–Crippen LogP) is 2.48. The number of carbonyl (C=O) groups excluding carboxylic acids is 1. The predicted molar refractivity (Wildman–Crippen MR) is 61.0 cm³/mol. The van der Waals surface area contributed by atoms with E-state index in [9.17, 15) is 13.6 Å². The van der Waals surface area contributed by atoms with Gasteiger partial charge < -0.3 is 9.47 Å². The van der Waals surface area contributed by atoms with Gasteiger partial charge >= 0.3 is 5.97 Å². The number of pyridine rings is 1. The van der Waals surface area contributed by atoms with Gasteiger partial charge in [0.1, 0.15) is 0 Å². The van der Waals surface area contributed by atoms with Crippen LogP contribution in [0.4, 0.5) is 8.78 Å². The van der Waals surface area contributed by atoms with Crippen molar-refractivity contribution in [2.75, 3.05) is 14.2 Å². The number of hydrogen-bond donors (Lipinski definition) is 0. The highest BCUT2D eigenvalue weighted by Gasteiger charge is 2.20. The molecule has 1 aromatic heterocycles. The zero-order valence-electron chi connectivity index (χ0n) is 9.87. The van der Waals surface area contributed by atoms with Crippen molar-refractivity contribution in [2.45, 2.75) is 18.7 Å². The number of aromatic nitrogens is 1. The number of rotatable bonds is 5. The summed E-state index contributed by atoms with van der Waals surface area (Å²) in [6, 6.07) is 1.11. The summed E-state index contributed by atoms with van der Waals surface area (Å²) in [4.78, 5) is 15.1. The number of nitrogens with zero attached hydrogens (tertiary/aromatic N) is 1. The van der Waals surface area contributed by atoms with Crippen molar-refractivity contribution in [3.8, 4) is 5.88 Å². The standard InChI is InChI=1S/C11H12ClF2NO3/c1-17-9-3-6(11(13)14)7(5-12)8(15-9)4-10(16)18-2/h3,11H,4-5H2,1-2H3. The van der Waals surface area contributed by atoms with E-state index in [1.54, 1.807) is 0 Å². The monoisotopic (exact) mass is 279 g/mol.